The molecule has 0 aliphatic rings. The van der Waals surface area contributed by atoms with Gasteiger partial charge in [-0.1, -0.05) is 29.9 Å². The van der Waals surface area contributed by atoms with Crippen molar-refractivity contribution >= 4 is 6.29 Å². The van der Waals surface area contributed by atoms with Gasteiger partial charge in [0.05, 0.1) is 0 Å². The van der Waals surface area contributed by atoms with Gasteiger partial charge in [0.1, 0.15) is 6.29 Å². The van der Waals surface area contributed by atoms with Gasteiger partial charge in [0.25, 0.3) is 0 Å². The van der Waals surface area contributed by atoms with Crippen LogP contribution in [0, 0.1) is 0 Å². The Bertz CT molecular complexity index is 265. The molecule has 0 spiro atoms. The first kappa shape index (κ1) is 13.9. The number of aldehydes is 1. The summed E-state index contributed by atoms with van der Waals surface area (Å²) in [5, 5.41) is 0. The molecule has 0 saturated carbocycles. The highest BCUT2D eigenvalue weighted by Gasteiger charge is 1.91. The van der Waals surface area contributed by atoms with Crippen LogP contribution in [0.1, 0.15) is 46.5 Å². The summed E-state index contributed by atoms with van der Waals surface area (Å²) < 4.78 is 0. The summed E-state index contributed by atoms with van der Waals surface area (Å²) in [7, 11) is 0. The quantitative estimate of drug-likeness (QED) is 0.346. The molecule has 0 heterocycles. The van der Waals surface area contributed by atoms with E-state index in [-0.39, 0.29) is 0 Å². The number of carbonyl (C=O) groups excluding carboxylic acids is 1. The smallest absolute Gasteiger partial charge is 0.145 e. The van der Waals surface area contributed by atoms with Crippen molar-refractivity contribution in [1.82, 2.24) is 0 Å². The van der Waals surface area contributed by atoms with E-state index >= 15 is 0 Å². The number of carbonyl (C=O) groups is 1. The zero-order valence-electron chi connectivity index (χ0n) is 10.2. The molecule has 1 heteroatoms. The Morgan fingerprint density at radius 2 is 1.67 bits per heavy atom. The second kappa shape index (κ2) is 8.22. The van der Waals surface area contributed by atoms with Crippen LogP contribution in [0.15, 0.2) is 35.5 Å². The van der Waals surface area contributed by atoms with Crippen LogP contribution in [0.4, 0.5) is 0 Å². The lowest BCUT2D eigenvalue weighted by Gasteiger charge is -1.99. The van der Waals surface area contributed by atoms with Crippen LogP contribution in [-0.4, -0.2) is 6.29 Å². The van der Waals surface area contributed by atoms with Crippen LogP contribution in [0.5, 0.6) is 0 Å². The van der Waals surface area contributed by atoms with Crippen LogP contribution in [0.25, 0.3) is 0 Å². The highest BCUT2D eigenvalue weighted by atomic mass is 16.1. The zero-order chi connectivity index (χ0) is 11.7. The first-order valence-corrected chi connectivity index (χ1v) is 5.48. The van der Waals surface area contributed by atoms with E-state index in [0.717, 1.165) is 32.0 Å². The second-order valence-electron chi connectivity index (χ2n) is 4.19. The predicted molar refractivity (Wildman–Crippen MR) is 66.9 cm³/mol. The molecule has 15 heavy (non-hydrogen) atoms. The molecular weight excluding hydrogens is 184 g/mol. The molecule has 0 aliphatic carbocycles. The molecule has 0 radical (unpaired) electrons. The fraction of sp³-hybridized carbons (Fsp3) is 0.500. The number of hydrogen-bond acceptors (Lipinski definition) is 1. The van der Waals surface area contributed by atoms with Crippen molar-refractivity contribution in [3.05, 3.63) is 35.5 Å². The summed E-state index contributed by atoms with van der Waals surface area (Å²) in [6.07, 6.45) is 9.22. The molecule has 0 aromatic carbocycles. The van der Waals surface area contributed by atoms with Gasteiger partial charge in [-0.25, -0.2) is 0 Å². The van der Waals surface area contributed by atoms with Crippen molar-refractivity contribution in [1.29, 1.82) is 0 Å². The maximum atomic E-state index is 10.3. The van der Waals surface area contributed by atoms with Crippen molar-refractivity contribution in [3.8, 4) is 0 Å². The minimum atomic E-state index is 0.684. The van der Waals surface area contributed by atoms with Gasteiger partial charge in [0, 0.05) is 0 Å². The number of rotatable bonds is 7. The second-order valence-corrected chi connectivity index (χ2v) is 4.19. The van der Waals surface area contributed by atoms with Gasteiger partial charge in [-0.15, -0.1) is 0 Å². The minimum absolute atomic E-state index is 0.684. The van der Waals surface area contributed by atoms with E-state index in [1.54, 1.807) is 0 Å². The fourth-order valence-corrected chi connectivity index (χ4v) is 1.25. The highest BCUT2D eigenvalue weighted by molar-refractivity contribution is 5.71. The first-order valence-electron chi connectivity index (χ1n) is 5.48. The molecule has 0 aromatic heterocycles. The number of allylic oxidation sites excluding steroid dienone is 5. The molecule has 1 nitrogen and oxygen atoms in total. The van der Waals surface area contributed by atoms with Gasteiger partial charge in [-0.3, -0.25) is 4.79 Å². The molecule has 0 bridgehead atoms. The average Bonchev–Trinajstić information content (AvgIpc) is 2.17. The van der Waals surface area contributed by atoms with E-state index in [2.05, 4.69) is 39.5 Å². The van der Waals surface area contributed by atoms with Gasteiger partial charge in [0.15, 0.2) is 0 Å². The summed E-state index contributed by atoms with van der Waals surface area (Å²) >= 11 is 0. The van der Waals surface area contributed by atoms with E-state index in [1.165, 1.54) is 11.1 Å². The van der Waals surface area contributed by atoms with Gasteiger partial charge >= 0.3 is 0 Å². The van der Waals surface area contributed by atoms with Crippen LogP contribution in [0.2, 0.25) is 0 Å². The van der Waals surface area contributed by atoms with Crippen LogP contribution >= 0.6 is 0 Å². The summed E-state index contributed by atoms with van der Waals surface area (Å²) in [6.45, 7) is 10.0. The Morgan fingerprint density at radius 3 is 2.20 bits per heavy atom. The molecule has 84 valence electrons. The Kier molecular flexibility index (Phi) is 7.61. The normalized spacial score (nSPS) is 11.0. The summed E-state index contributed by atoms with van der Waals surface area (Å²) in [5.41, 5.74) is 3.45. The summed E-state index contributed by atoms with van der Waals surface area (Å²) in [6, 6.07) is 0. The summed E-state index contributed by atoms with van der Waals surface area (Å²) in [5.74, 6) is 0. The number of hydrogen-bond donors (Lipinski definition) is 0. The van der Waals surface area contributed by atoms with E-state index in [0.29, 0.717) is 5.57 Å². The third kappa shape index (κ3) is 9.20. The van der Waals surface area contributed by atoms with Crippen molar-refractivity contribution in [2.75, 3.05) is 0 Å². The third-order valence-electron chi connectivity index (χ3n) is 2.22. The van der Waals surface area contributed by atoms with Gasteiger partial charge in [-0.2, -0.15) is 0 Å². The Hall–Kier alpha value is -1.11. The van der Waals surface area contributed by atoms with E-state index in [9.17, 15) is 4.79 Å². The lowest BCUT2D eigenvalue weighted by Crippen LogP contribution is -1.82. The van der Waals surface area contributed by atoms with E-state index in [1.807, 2.05) is 0 Å². The predicted octanol–water partition coefficient (Wildman–Crippen LogP) is 4.21. The van der Waals surface area contributed by atoms with E-state index < -0.39 is 0 Å². The van der Waals surface area contributed by atoms with Crippen molar-refractivity contribution < 1.29 is 4.79 Å². The monoisotopic (exact) mass is 206 g/mol. The van der Waals surface area contributed by atoms with Crippen molar-refractivity contribution in [2.24, 2.45) is 0 Å². The molecular formula is C14H22O. The third-order valence-corrected chi connectivity index (χ3v) is 2.22. The molecule has 0 aliphatic heterocycles. The molecule has 0 unspecified atom stereocenters. The Morgan fingerprint density at radius 1 is 1.07 bits per heavy atom. The molecule has 0 saturated heterocycles. The summed E-state index contributed by atoms with van der Waals surface area (Å²) in [4.78, 5) is 10.3. The Labute approximate surface area is 93.6 Å². The molecule has 0 aromatic rings. The van der Waals surface area contributed by atoms with Gasteiger partial charge < -0.3 is 0 Å². The van der Waals surface area contributed by atoms with Crippen LogP contribution in [-0.2, 0) is 4.79 Å². The van der Waals surface area contributed by atoms with Crippen LogP contribution < -0.4 is 0 Å². The molecule has 0 amide bonds. The lowest BCUT2D eigenvalue weighted by molar-refractivity contribution is -0.105. The maximum Gasteiger partial charge on any atom is 0.145 e. The molecule has 0 atom stereocenters. The zero-order valence-corrected chi connectivity index (χ0v) is 10.2. The molecule has 0 N–H and O–H groups in total. The van der Waals surface area contributed by atoms with Crippen molar-refractivity contribution in [3.63, 3.8) is 0 Å². The standard InChI is InChI=1S/C14H22O/c1-12(2)7-5-8-13(3)9-6-10-14(4)11-15/h7,9,11H,4-6,8,10H2,1-3H3. The molecule has 0 rings (SSSR count). The SMILES string of the molecule is C=C(C=O)CCC=C(C)CCC=C(C)C. The highest BCUT2D eigenvalue weighted by Crippen LogP contribution is 2.09. The maximum absolute atomic E-state index is 10.3. The molecule has 0 fully saturated rings. The van der Waals surface area contributed by atoms with Gasteiger partial charge in [-0.05, 0) is 52.0 Å². The Balaban J connectivity index is 3.74. The average molecular weight is 206 g/mol. The van der Waals surface area contributed by atoms with Gasteiger partial charge in [0.2, 0.25) is 0 Å². The fourth-order valence-electron chi connectivity index (χ4n) is 1.25. The first-order chi connectivity index (χ1) is 7.06. The lowest BCUT2D eigenvalue weighted by atomic mass is 10.1. The van der Waals surface area contributed by atoms with Crippen molar-refractivity contribution in [2.45, 2.75) is 46.5 Å². The topological polar surface area (TPSA) is 17.1 Å². The largest absolute Gasteiger partial charge is 0.298 e. The minimum Gasteiger partial charge on any atom is -0.298 e. The van der Waals surface area contributed by atoms with Crippen LogP contribution in [0.3, 0.4) is 0 Å². The van der Waals surface area contributed by atoms with E-state index in [4.69, 9.17) is 0 Å².